The van der Waals surface area contributed by atoms with Gasteiger partial charge in [-0.2, -0.15) is 10.5 Å². The van der Waals surface area contributed by atoms with E-state index >= 15 is 0 Å². The summed E-state index contributed by atoms with van der Waals surface area (Å²) in [6.45, 7) is 1.97. The van der Waals surface area contributed by atoms with Crippen LogP contribution in [0.3, 0.4) is 0 Å². The molecule has 3 fully saturated rings. The lowest BCUT2D eigenvalue weighted by Crippen LogP contribution is -2.42. The summed E-state index contributed by atoms with van der Waals surface area (Å²) in [4.78, 5) is 0. The molecule has 3 aliphatic carbocycles. The highest BCUT2D eigenvalue weighted by Crippen LogP contribution is 2.74. The Hall–Kier alpha value is -1.02. The number of hydrogen-bond acceptors (Lipinski definition) is 2. The lowest BCUT2D eigenvalue weighted by Gasteiger charge is -2.42. The third kappa shape index (κ3) is 1.38. The fourth-order valence-corrected chi connectivity index (χ4v) is 4.66. The molecule has 0 N–H and O–H groups in total. The average Bonchev–Trinajstić information content (AvgIpc) is 3.31. The third-order valence-electron chi connectivity index (χ3n) is 5.83. The Labute approximate surface area is 110 Å². The van der Waals surface area contributed by atoms with E-state index in [-0.39, 0.29) is 10.8 Å². The van der Waals surface area contributed by atoms with Gasteiger partial charge in [-0.15, -0.1) is 0 Å². The third-order valence-corrected chi connectivity index (χ3v) is 5.83. The summed E-state index contributed by atoms with van der Waals surface area (Å²) in [5.74, 6) is 2.07. The molecule has 0 bridgehead atoms. The quantitative estimate of drug-likeness (QED) is 0.747. The van der Waals surface area contributed by atoms with Crippen LogP contribution in [-0.4, -0.2) is 0 Å². The second-order valence-corrected chi connectivity index (χ2v) is 6.56. The van der Waals surface area contributed by atoms with Gasteiger partial charge >= 0.3 is 0 Å². The number of nitriles is 2. The summed E-state index contributed by atoms with van der Waals surface area (Å²) in [7, 11) is 0. The van der Waals surface area contributed by atoms with Crippen molar-refractivity contribution in [2.24, 2.45) is 22.7 Å². The molecule has 3 saturated carbocycles. The van der Waals surface area contributed by atoms with Crippen molar-refractivity contribution in [3.63, 3.8) is 0 Å². The van der Waals surface area contributed by atoms with Crippen molar-refractivity contribution in [3.8, 4) is 12.1 Å². The Morgan fingerprint density at radius 2 is 1.61 bits per heavy atom. The molecule has 0 saturated heterocycles. The highest BCUT2D eigenvalue weighted by Gasteiger charge is 2.70. The smallest absolute Gasteiger partial charge is 0.0806 e. The standard InChI is InChI=1S/C16H21N2/c1-12(10-17)15(8-9-15)16(11-18,14-6-7-14)13-4-2-3-5-13/h13-14H,2-9H2,1H3. The minimum Gasteiger partial charge on any atom is -0.198 e. The zero-order valence-electron chi connectivity index (χ0n) is 11.2. The number of nitrogens with zero attached hydrogens (tertiary/aromatic N) is 2. The van der Waals surface area contributed by atoms with E-state index in [0.29, 0.717) is 11.8 Å². The topological polar surface area (TPSA) is 47.6 Å². The second kappa shape index (κ2) is 3.99. The lowest BCUT2D eigenvalue weighted by atomic mass is 9.57. The van der Waals surface area contributed by atoms with Gasteiger partial charge in [0.25, 0.3) is 0 Å². The van der Waals surface area contributed by atoms with Gasteiger partial charge in [-0.3, -0.25) is 0 Å². The van der Waals surface area contributed by atoms with Crippen molar-refractivity contribution >= 4 is 0 Å². The van der Waals surface area contributed by atoms with Gasteiger partial charge in [-0.25, -0.2) is 0 Å². The van der Waals surface area contributed by atoms with Crippen LogP contribution in [-0.2, 0) is 0 Å². The largest absolute Gasteiger partial charge is 0.198 e. The van der Waals surface area contributed by atoms with Gasteiger partial charge in [0.15, 0.2) is 0 Å². The van der Waals surface area contributed by atoms with Gasteiger partial charge in [0.05, 0.1) is 23.5 Å². The molecule has 0 heterocycles. The first-order valence-corrected chi connectivity index (χ1v) is 7.36. The Balaban J connectivity index is 2.00. The maximum atomic E-state index is 9.99. The van der Waals surface area contributed by atoms with E-state index in [1.165, 1.54) is 38.5 Å². The summed E-state index contributed by atoms with van der Waals surface area (Å²) in [5.41, 5.74) is -0.226. The van der Waals surface area contributed by atoms with E-state index in [4.69, 9.17) is 0 Å². The van der Waals surface area contributed by atoms with Crippen LogP contribution < -0.4 is 0 Å². The van der Waals surface area contributed by atoms with E-state index in [2.05, 4.69) is 12.1 Å². The predicted molar refractivity (Wildman–Crippen MR) is 68.9 cm³/mol. The SMILES string of the molecule is C[C](C#N)C1(C(C#N)(C2CCCC2)C2CC2)CC1. The van der Waals surface area contributed by atoms with Crippen LogP contribution in [0.2, 0.25) is 0 Å². The molecular weight excluding hydrogens is 220 g/mol. The molecule has 2 nitrogen and oxygen atoms in total. The molecule has 0 aliphatic heterocycles. The Morgan fingerprint density at radius 1 is 1.06 bits per heavy atom. The van der Waals surface area contributed by atoms with E-state index in [9.17, 15) is 10.5 Å². The van der Waals surface area contributed by atoms with Gasteiger partial charge in [-0.05, 0) is 57.3 Å². The zero-order chi connectivity index (χ0) is 12.8. The van der Waals surface area contributed by atoms with E-state index in [1.807, 2.05) is 6.92 Å². The minimum atomic E-state index is -0.191. The fraction of sp³-hybridized carbons (Fsp3) is 0.812. The summed E-state index contributed by atoms with van der Waals surface area (Å²) >= 11 is 0. The van der Waals surface area contributed by atoms with Crippen molar-refractivity contribution in [2.75, 3.05) is 0 Å². The zero-order valence-corrected chi connectivity index (χ0v) is 11.2. The molecule has 1 unspecified atom stereocenters. The molecule has 95 valence electrons. The molecule has 3 aliphatic rings. The molecule has 0 aromatic rings. The van der Waals surface area contributed by atoms with Crippen LogP contribution in [0.1, 0.15) is 58.3 Å². The monoisotopic (exact) mass is 241 g/mol. The highest BCUT2D eigenvalue weighted by molar-refractivity contribution is 5.36. The number of hydrogen-bond donors (Lipinski definition) is 0. The first-order valence-electron chi connectivity index (χ1n) is 7.36. The maximum Gasteiger partial charge on any atom is 0.0806 e. The normalized spacial score (nSPS) is 29.6. The Kier molecular flexibility index (Phi) is 2.67. The minimum absolute atomic E-state index is 0.0350. The van der Waals surface area contributed by atoms with Crippen LogP contribution >= 0.6 is 0 Å². The van der Waals surface area contributed by atoms with Crippen LogP contribution in [0.25, 0.3) is 0 Å². The second-order valence-electron chi connectivity index (χ2n) is 6.56. The first kappa shape index (κ1) is 12.0. The molecule has 0 aromatic carbocycles. The molecule has 1 atom stereocenters. The fourth-order valence-electron chi connectivity index (χ4n) is 4.66. The average molecular weight is 241 g/mol. The van der Waals surface area contributed by atoms with Crippen LogP contribution in [0, 0.1) is 51.2 Å². The number of rotatable bonds is 4. The van der Waals surface area contributed by atoms with Crippen molar-refractivity contribution in [2.45, 2.75) is 58.3 Å². The van der Waals surface area contributed by atoms with Crippen molar-refractivity contribution in [3.05, 3.63) is 5.92 Å². The Morgan fingerprint density at radius 3 is 2.00 bits per heavy atom. The summed E-state index contributed by atoms with van der Waals surface area (Å²) in [6, 6.07) is 5.14. The van der Waals surface area contributed by atoms with Gasteiger partial charge < -0.3 is 0 Å². The predicted octanol–water partition coefficient (Wildman–Crippen LogP) is 3.99. The van der Waals surface area contributed by atoms with E-state index < -0.39 is 0 Å². The van der Waals surface area contributed by atoms with Gasteiger partial charge in [0.2, 0.25) is 0 Å². The molecule has 1 radical (unpaired) electrons. The van der Waals surface area contributed by atoms with Crippen molar-refractivity contribution < 1.29 is 0 Å². The summed E-state index contributed by atoms with van der Waals surface area (Å²) in [6.07, 6.45) is 9.56. The summed E-state index contributed by atoms with van der Waals surface area (Å²) in [5, 5.41) is 19.3. The van der Waals surface area contributed by atoms with Gasteiger partial charge in [0.1, 0.15) is 0 Å². The molecular formula is C16H21N2. The van der Waals surface area contributed by atoms with Gasteiger partial charge in [-0.1, -0.05) is 12.8 Å². The molecule has 0 amide bonds. The van der Waals surface area contributed by atoms with Crippen LogP contribution in [0.4, 0.5) is 0 Å². The Bertz CT molecular complexity index is 413. The van der Waals surface area contributed by atoms with Gasteiger partial charge in [0, 0.05) is 5.41 Å². The highest BCUT2D eigenvalue weighted by atomic mass is 14.7. The molecule has 0 aromatic heterocycles. The lowest BCUT2D eigenvalue weighted by molar-refractivity contribution is 0.105. The maximum absolute atomic E-state index is 9.99. The van der Waals surface area contributed by atoms with Crippen molar-refractivity contribution in [1.82, 2.24) is 0 Å². The van der Waals surface area contributed by atoms with E-state index in [0.717, 1.165) is 18.8 Å². The van der Waals surface area contributed by atoms with Crippen LogP contribution in [0.5, 0.6) is 0 Å². The molecule has 3 rings (SSSR count). The van der Waals surface area contributed by atoms with Crippen molar-refractivity contribution in [1.29, 1.82) is 10.5 Å². The molecule has 18 heavy (non-hydrogen) atoms. The van der Waals surface area contributed by atoms with E-state index in [1.54, 1.807) is 0 Å². The first-order chi connectivity index (χ1) is 8.71. The molecule has 0 spiro atoms. The van der Waals surface area contributed by atoms with Crippen LogP contribution in [0.15, 0.2) is 0 Å². The summed E-state index contributed by atoms with van der Waals surface area (Å²) < 4.78 is 0. The molecule has 2 heteroatoms.